The van der Waals surface area contributed by atoms with Crippen LogP contribution in [0.4, 0.5) is 0 Å². The first kappa shape index (κ1) is 16.1. The number of rotatable bonds is 3. The Balaban J connectivity index is 3.39. The number of aryl methyl sites for hydroxylation is 1. The fourth-order valence-electron chi connectivity index (χ4n) is 2.26. The molecule has 1 aromatic carbocycles. The van der Waals surface area contributed by atoms with Crippen LogP contribution in [0.2, 0.25) is 0 Å². The molecule has 0 saturated carbocycles. The van der Waals surface area contributed by atoms with Crippen molar-refractivity contribution in [2.75, 3.05) is 0 Å². The van der Waals surface area contributed by atoms with Gasteiger partial charge in [-0.3, -0.25) is 0 Å². The van der Waals surface area contributed by atoms with Gasteiger partial charge >= 0.3 is 0 Å². The summed E-state index contributed by atoms with van der Waals surface area (Å²) in [5, 5.41) is 10.5. The molecule has 0 aliphatic rings. The van der Waals surface area contributed by atoms with Crippen LogP contribution in [0.15, 0.2) is 12.1 Å². The lowest BCUT2D eigenvalue weighted by Gasteiger charge is -2.27. The number of hydrogen-bond acceptors (Lipinski definition) is 1. The summed E-state index contributed by atoms with van der Waals surface area (Å²) < 4.78 is 0. The zero-order chi connectivity index (χ0) is 14.8. The lowest BCUT2D eigenvalue weighted by atomic mass is 9.78. The number of hydrogen-bond donors (Lipinski definition) is 1. The topological polar surface area (TPSA) is 20.2 Å². The summed E-state index contributed by atoms with van der Waals surface area (Å²) in [5.74, 6) is 0.508. The molecule has 0 aromatic heterocycles. The van der Waals surface area contributed by atoms with Crippen molar-refractivity contribution < 1.29 is 5.11 Å². The van der Waals surface area contributed by atoms with Gasteiger partial charge in [-0.05, 0) is 40.4 Å². The Morgan fingerprint density at radius 3 is 1.95 bits per heavy atom. The molecule has 19 heavy (non-hydrogen) atoms. The number of aromatic hydroxyl groups is 1. The van der Waals surface area contributed by atoms with E-state index in [0.29, 0.717) is 5.75 Å². The first-order valence-corrected chi connectivity index (χ1v) is 7.44. The van der Waals surface area contributed by atoms with Crippen LogP contribution >= 0.6 is 0 Å². The number of phenolic OH excluding ortho intramolecular Hbond substituents is 1. The Kier molecular flexibility index (Phi) is 4.71. The molecule has 0 aliphatic carbocycles. The van der Waals surface area contributed by atoms with Crippen LogP contribution in [0.25, 0.3) is 0 Å². The second-order valence-corrected chi connectivity index (χ2v) is 7.64. The molecular weight excluding hydrogens is 232 g/mol. The predicted molar refractivity (Wildman–Crippen MR) is 84.1 cm³/mol. The number of unbranched alkanes of at least 4 members (excludes halogenated alkanes) is 1. The van der Waals surface area contributed by atoms with Gasteiger partial charge in [0.25, 0.3) is 0 Å². The maximum atomic E-state index is 10.5. The minimum absolute atomic E-state index is 0.0215. The van der Waals surface area contributed by atoms with Crippen molar-refractivity contribution in [2.45, 2.75) is 78.6 Å². The highest BCUT2D eigenvalue weighted by Crippen LogP contribution is 2.38. The van der Waals surface area contributed by atoms with Crippen molar-refractivity contribution in [1.29, 1.82) is 0 Å². The third-order valence-corrected chi connectivity index (χ3v) is 3.66. The standard InChI is InChI=1S/C18H30O/c1-8-9-10-13-11-14(17(2,3)4)12-15(16(13)19)18(5,6)7/h11-12,19H,8-10H2,1-7H3. The van der Waals surface area contributed by atoms with Crippen molar-refractivity contribution in [3.8, 4) is 5.75 Å². The van der Waals surface area contributed by atoms with E-state index < -0.39 is 0 Å². The lowest BCUT2D eigenvalue weighted by molar-refractivity contribution is 0.437. The number of phenols is 1. The van der Waals surface area contributed by atoms with E-state index in [2.05, 4.69) is 60.6 Å². The van der Waals surface area contributed by atoms with Crippen LogP contribution in [0, 0.1) is 0 Å². The highest BCUT2D eigenvalue weighted by molar-refractivity contribution is 5.48. The highest BCUT2D eigenvalue weighted by atomic mass is 16.3. The zero-order valence-electron chi connectivity index (χ0n) is 13.7. The van der Waals surface area contributed by atoms with Gasteiger partial charge in [0.2, 0.25) is 0 Å². The summed E-state index contributed by atoms with van der Waals surface area (Å²) >= 11 is 0. The molecule has 0 fully saturated rings. The minimum atomic E-state index is -0.0215. The summed E-state index contributed by atoms with van der Waals surface area (Å²) in [6.07, 6.45) is 3.25. The molecule has 0 radical (unpaired) electrons. The Hall–Kier alpha value is -0.980. The van der Waals surface area contributed by atoms with Crippen LogP contribution < -0.4 is 0 Å². The first-order valence-electron chi connectivity index (χ1n) is 7.44. The SMILES string of the molecule is CCCCc1cc(C(C)(C)C)cc(C(C)(C)C)c1O. The van der Waals surface area contributed by atoms with Gasteiger partial charge < -0.3 is 5.11 Å². The molecule has 0 saturated heterocycles. The molecule has 1 N–H and O–H groups in total. The average Bonchev–Trinajstić information content (AvgIpc) is 2.24. The van der Waals surface area contributed by atoms with Gasteiger partial charge in [0.1, 0.15) is 5.75 Å². The Morgan fingerprint density at radius 1 is 0.947 bits per heavy atom. The molecule has 1 aromatic rings. The Morgan fingerprint density at radius 2 is 1.53 bits per heavy atom. The average molecular weight is 262 g/mol. The van der Waals surface area contributed by atoms with Gasteiger partial charge in [-0.15, -0.1) is 0 Å². The molecule has 0 amide bonds. The fourth-order valence-corrected chi connectivity index (χ4v) is 2.26. The van der Waals surface area contributed by atoms with E-state index in [-0.39, 0.29) is 10.8 Å². The lowest BCUT2D eigenvalue weighted by Crippen LogP contribution is -2.17. The molecule has 0 heterocycles. The van der Waals surface area contributed by atoms with Crippen LogP contribution in [0.5, 0.6) is 5.75 Å². The second kappa shape index (κ2) is 5.56. The van der Waals surface area contributed by atoms with Gasteiger partial charge in [-0.1, -0.05) is 67.0 Å². The van der Waals surface area contributed by atoms with Crippen molar-refractivity contribution in [3.63, 3.8) is 0 Å². The van der Waals surface area contributed by atoms with E-state index in [4.69, 9.17) is 0 Å². The summed E-state index contributed by atoms with van der Waals surface area (Å²) in [5.41, 5.74) is 3.60. The van der Waals surface area contributed by atoms with Crippen molar-refractivity contribution in [1.82, 2.24) is 0 Å². The summed E-state index contributed by atoms with van der Waals surface area (Å²) in [4.78, 5) is 0. The maximum Gasteiger partial charge on any atom is 0.122 e. The molecule has 108 valence electrons. The molecule has 1 rings (SSSR count). The molecular formula is C18H30O. The van der Waals surface area contributed by atoms with Gasteiger partial charge in [0.15, 0.2) is 0 Å². The number of benzene rings is 1. The molecule has 0 unspecified atom stereocenters. The van der Waals surface area contributed by atoms with E-state index >= 15 is 0 Å². The summed E-state index contributed by atoms with van der Waals surface area (Å²) in [7, 11) is 0. The normalized spacial score (nSPS) is 12.8. The van der Waals surface area contributed by atoms with E-state index in [1.165, 1.54) is 5.56 Å². The third kappa shape index (κ3) is 3.99. The van der Waals surface area contributed by atoms with Crippen molar-refractivity contribution in [3.05, 3.63) is 28.8 Å². The van der Waals surface area contributed by atoms with E-state index in [1.807, 2.05) is 0 Å². The fraction of sp³-hybridized carbons (Fsp3) is 0.667. The van der Waals surface area contributed by atoms with Crippen LogP contribution in [-0.4, -0.2) is 5.11 Å². The summed E-state index contributed by atoms with van der Waals surface area (Å²) in [6.45, 7) is 15.4. The van der Waals surface area contributed by atoms with Gasteiger partial charge in [-0.25, -0.2) is 0 Å². The zero-order valence-corrected chi connectivity index (χ0v) is 13.7. The molecule has 0 aliphatic heterocycles. The quantitative estimate of drug-likeness (QED) is 0.780. The maximum absolute atomic E-state index is 10.5. The second-order valence-electron chi connectivity index (χ2n) is 7.64. The first-order chi connectivity index (χ1) is 8.57. The van der Waals surface area contributed by atoms with Gasteiger partial charge in [-0.2, -0.15) is 0 Å². The van der Waals surface area contributed by atoms with Gasteiger partial charge in [0, 0.05) is 0 Å². The van der Waals surface area contributed by atoms with E-state index in [0.717, 1.165) is 30.4 Å². The van der Waals surface area contributed by atoms with Crippen LogP contribution in [0.1, 0.15) is 78.0 Å². The minimum Gasteiger partial charge on any atom is -0.507 e. The van der Waals surface area contributed by atoms with Crippen molar-refractivity contribution in [2.24, 2.45) is 0 Å². The van der Waals surface area contributed by atoms with Crippen LogP contribution in [0.3, 0.4) is 0 Å². The van der Waals surface area contributed by atoms with Gasteiger partial charge in [0.05, 0.1) is 0 Å². The predicted octanol–water partition coefficient (Wildman–Crippen LogP) is 5.33. The van der Waals surface area contributed by atoms with Crippen molar-refractivity contribution >= 4 is 0 Å². The molecule has 1 heteroatoms. The third-order valence-electron chi connectivity index (χ3n) is 3.66. The molecule has 0 spiro atoms. The van der Waals surface area contributed by atoms with E-state index in [1.54, 1.807) is 0 Å². The Labute approximate surface area is 119 Å². The highest BCUT2D eigenvalue weighted by Gasteiger charge is 2.24. The smallest absolute Gasteiger partial charge is 0.122 e. The van der Waals surface area contributed by atoms with Crippen LogP contribution in [-0.2, 0) is 17.3 Å². The molecule has 1 nitrogen and oxygen atoms in total. The Bertz CT molecular complexity index is 430. The monoisotopic (exact) mass is 262 g/mol. The molecule has 0 bridgehead atoms. The summed E-state index contributed by atoms with van der Waals surface area (Å²) in [6, 6.07) is 4.38. The molecule has 0 atom stereocenters. The van der Waals surface area contributed by atoms with E-state index in [9.17, 15) is 5.11 Å². The largest absolute Gasteiger partial charge is 0.507 e.